The molecule has 0 spiro atoms. The molecular weight excluding hydrogens is 400 g/mol. The van der Waals surface area contributed by atoms with Crippen LogP contribution in [0.15, 0.2) is 59.9 Å². The molecule has 2 aromatic carbocycles. The number of carbonyl (C=O) groups excluding carboxylic acids is 1. The SMILES string of the molecule is Cc1ccccc1CSc1ncc(Cl)c(C(=O)Nc2ccc([N+](=O)[O-])cc2)n1. The molecular formula is C19H15ClN4O3S. The molecule has 0 radical (unpaired) electrons. The molecule has 0 saturated heterocycles. The Morgan fingerprint density at radius 3 is 2.61 bits per heavy atom. The Hall–Kier alpha value is -2.97. The molecule has 28 heavy (non-hydrogen) atoms. The third-order valence-electron chi connectivity index (χ3n) is 3.89. The van der Waals surface area contributed by atoms with Crippen LogP contribution in [0.3, 0.4) is 0 Å². The van der Waals surface area contributed by atoms with Gasteiger partial charge in [0.05, 0.1) is 16.1 Å². The average molecular weight is 415 g/mol. The number of thioether (sulfide) groups is 1. The van der Waals surface area contributed by atoms with Gasteiger partial charge in [-0.2, -0.15) is 0 Å². The summed E-state index contributed by atoms with van der Waals surface area (Å²) in [6.07, 6.45) is 1.39. The first-order chi connectivity index (χ1) is 13.4. The van der Waals surface area contributed by atoms with Gasteiger partial charge in [-0.15, -0.1) is 0 Å². The molecule has 3 rings (SSSR count). The van der Waals surface area contributed by atoms with Crippen LogP contribution >= 0.6 is 23.4 Å². The fraction of sp³-hybridized carbons (Fsp3) is 0.105. The van der Waals surface area contributed by atoms with E-state index in [4.69, 9.17) is 11.6 Å². The second kappa shape index (κ2) is 8.81. The van der Waals surface area contributed by atoms with Gasteiger partial charge in [0.2, 0.25) is 0 Å². The zero-order chi connectivity index (χ0) is 20.1. The first-order valence-corrected chi connectivity index (χ1v) is 9.56. The lowest BCUT2D eigenvalue weighted by molar-refractivity contribution is -0.384. The van der Waals surface area contributed by atoms with Crippen molar-refractivity contribution in [2.75, 3.05) is 5.32 Å². The molecule has 0 saturated carbocycles. The predicted molar refractivity (Wildman–Crippen MR) is 109 cm³/mol. The summed E-state index contributed by atoms with van der Waals surface area (Å²) in [4.78, 5) is 31.1. The Bertz CT molecular complexity index is 1030. The van der Waals surface area contributed by atoms with Crippen LogP contribution < -0.4 is 5.32 Å². The molecule has 3 aromatic rings. The molecule has 142 valence electrons. The largest absolute Gasteiger partial charge is 0.321 e. The predicted octanol–water partition coefficient (Wildman–Crippen LogP) is 4.89. The van der Waals surface area contributed by atoms with Crippen LogP contribution in [0.1, 0.15) is 21.6 Å². The number of nitrogens with zero attached hydrogens (tertiary/aromatic N) is 3. The Morgan fingerprint density at radius 2 is 1.93 bits per heavy atom. The van der Waals surface area contributed by atoms with Crippen molar-refractivity contribution in [1.82, 2.24) is 9.97 Å². The summed E-state index contributed by atoms with van der Waals surface area (Å²) in [5, 5.41) is 13.9. The molecule has 9 heteroatoms. The van der Waals surface area contributed by atoms with Gasteiger partial charge in [-0.1, -0.05) is 47.6 Å². The molecule has 1 amide bonds. The summed E-state index contributed by atoms with van der Waals surface area (Å²) in [5.74, 6) is 0.150. The standard InChI is InChI=1S/C19H15ClN4O3S/c1-12-4-2-3-5-13(12)11-28-19-21-10-16(20)17(23-19)18(25)22-14-6-8-15(9-7-14)24(26)27/h2-10H,11H2,1H3,(H,22,25). The minimum absolute atomic E-state index is 0.0438. The molecule has 0 fully saturated rings. The van der Waals surface area contributed by atoms with Crippen molar-refractivity contribution in [3.8, 4) is 0 Å². The number of halogens is 1. The van der Waals surface area contributed by atoms with Gasteiger partial charge < -0.3 is 5.32 Å². The van der Waals surface area contributed by atoms with Gasteiger partial charge in [-0.3, -0.25) is 14.9 Å². The quantitative estimate of drug-likeness (QED) is 0.267. The van der Waals surface area contributed by atoms with Crippen LogP contribution in [-0.4, -0.2) is 20.8 Å². The number of carbonyl (C=O) groups is 1. The van der Waals surface area contributed by atoms with Gasteiger partial charge in [0.25, 0.3) is 11.6 Å². The van der Waals surface area contributed by atoms with Crippen LogP contribution in [0.5, 0.6) is 0 Å². The zero-order valence-corrected chi connectivity index (χ0v) is 16.3. The highest BCUT2D eigenvalue weighted by Crippen LogP contribution is 2.24. The maximum Gasteiger partial charge on any atom is 0.275 e. The number of nitrogens with one attached hydrogen (secondary N) is 1. The smallest absolute Gasteiger partial charge is 0.275 e. The second-order valence-electron chi connectivity index (χ2n) is 5.82. The van der Waals surface area contributed by atoms with E-state index in [0.717, 1.165) is 5.56 Å². The highest BCUT2D eigenvalue weighted by molar-refractivity contribution is 7.98. The number of nitro groups is 1. The molecule has 0 bridgehead atoms. The molecule has 1 N–H and O–H groups in total. The van der Waals surface area contributed by atoms with Crippen LogP contribution in [0.25, 0.3) is 0 Å². The third kappa shape index (κ3) is 4.85. The molecule has 0 aliphatic carbocycles. The fourth-order valence-electron chi connectivity index (χ4n) is 2.35. The van der Waals surface area contributed by atoms with E-state index in [0.29, 0.717) is 16.6 Å². The highest BCUT2D eigenvalue weighted by Gasteiger charge is 2.15. The van der Waals surface area contributed by atoms with Crippen molar-refractivity contribution in [2.45, 2.75) is 17.8 Å². The Kier molecular flexibility index (Phi) is 6.23. The lowest BCUT2D eigenvalue weighted by Gasteiger charge is -2.08. The van der Waals surface area contributed by atoms with E-state index in [1.807, 2.05) is 31.2 Å². The topological polar surface area (TPSA) is 98.0 Å². The van der Waals surface area contributed by atoms with Crippen LogP contribution in [0.4, 0.5) is 11.4 Å². The maximum atomic E-state index is 12.5. The molecule has 1 aromatic heterocycles. The van der Waals surface area contributed by atoms with Crippen molar-refractivity contribution in [3.63, 3.8) is 0 Å². The van der Waals surface area contributed by atoms with Crippen molar-refractivity contribution in [3.05, 3.63) is 86.7 Å². The molecule has 7 nitrogen and oxygen atoms in total. The van der Waals surface area contributed by atoms with E-state index in [9.17, 15) is 14.9 Å². The number of aromatic nitrogens is 2. The van der Waals surface area contributed by atoms with E-state index < -0.39 is 10.8 Å². The molecule has 1 heterocycles. The van der Waals surface area contributed by atoms with E-state index in [1.165, 1.54) is 47.8 Å². The maximum absolute atomic E-state index is 12.5. The van der Waals surface area contributed by atoms with Gasteiger partial charge in [-0.25, -0.2) is 9.97 Å². The van der Waals surface area contributed by atoms with E-state index in [-0.39, 0.29) is 16.4 Å². The van der Waals surface area contributed by atoms with Crippen molar-refractivity contribution in [1.29, 1.82) is 0 Å². The number of hydrogen-bond acceptors (Lipinski definition) is 6. The summed E-state index contributed by atoms with van der Waals surface area (Å²) in [6.45, 7) is 2.03. The summed E-state index contributed by atoms with van der Waals surface area (Å²) in [7, 11) is 0. The first-order valence-electron chi connectivity index (χ1n) is 8.19. The molecule has 0 aliphatic rings. The van der Waals surface area contributed by atoms with Crippen molar-refractivity contribution in [2.24, 2.45) is 0 Å². The number of amides is 1. The van der Waals surface area contributed by atoms with Gasteiger partial charge in [0.1, 0.15) is 0 Å². The van der Waals surface area contributed by atoms with Crippen LogP contribution in [0, 0.1) is 17.0 Å². The first kappa shape index (κ1) is 19.8. The zero-order valence-electron chi connectivity index (χ0n) is 14.8. The lowest BCUT2D eigenvalue weighted by atomic mass is 10.1. The number of nitro benzene ring substituents is 1. The van der Waals surface area contributed by atoms with Gasteiger partial charge in [0.15, 0.2) is 10.9 Å². The fourth-order valence-corrected chi connectivity index (χ4v) is 3.42. The minimum atomic E-state index is -0.515. The van der Waals surface area contributed by atoms with Crippen LogP contribution in [-0.2, 0) is 5.75 Å². The van der Waals surface area contributed by atoms with E-state index >= 15 is 0 Å². The third-order valence-corrected chi connectivity index (χ3v) is 5.08. The normalized spacial score (nSPS) is 10.5. The Labute approximate surface area is 170 Å². The molecule has 0 aliphatic heterocycles. The Morgan fingerprint density at radius 1 is 1.21 bits per heavy atom. The number of non-ortho nitro benzene ring substituents is 1. The molecule has 0 atom stereocenters. The summed E-state index contributed by atoms with van der Waals surface area (Å²) >= 11 is 7.49. The lowest BCUT2D eigenvalue weighted by Crippen LogP contribution is -2.15. The number of rotatable bonds is 6. The molecule has 0 unspecified atom stereocenters. The highest BCUT2D eigenvalue weighted by atomic mass is 35.5. The Balaban J connectivity index is 1.72. The summed E-state index contributed by atoms with van der Waals surface area (Å²) in [5.41, 5.74) is 2.71. The monoisotopic (exact) mass is 414 g/mol. The van der Waals surface area contributed by atoms with E-state index in [2.05, 4.69) is 15.3 Å². The number of anilines is 1. The van der Waals surface area contributed by atoms with E-state index in [1.54, 1.807) is 0 Å². The van der Waals surface area contributed by atoms with Crippen molar-refractivity contribution < 1.29 is 9.72 Å². The van der Waals surface area contributed by atoms with Gasteiger partial charge in [0, 0.05) is 23.6 Å². The van der Waals surface area contributed by atoms with Gasteiger partial charge in [-0.05, 0) is 30.2 Å². The number of benzene rings is 2. The number of hydrogen-bond donors (Lipinski definition) is 1. The minimum Gasteiger partial charge on any atom is -0.321 e. The second-order valence-corrected chi connectivity index (χ2v) is 7.17. The summed E-state index contributed by atoms with van der Waals surface area (Å²) < 4.78 is 0. The van der Waals surface area contributed by atoms with Gasteiger partial charge >= 0.3 is 0 Å². The van der Waals surface area contributed by atoms with Crippen LogP contribution in [0.2, 0.25) is 5.02 Å². The van der Waals surface area contributed by atoms with Crippen molar-refractivity contribution >= 4 is 40.6 Å². The number of aryl methyl sites for hydroxylation is 1. The summed E-state index contributed by atoms with van der Waals surface area (Å²) in [6, 6.07) is 13.5. The average Bonchev–Trinajstić information content (AvgIpc) is 2.68.